The van der Waals surface area contributed by atoms with Crippen LogP contribution in [0.1, 0.15) is 36.0 Å². The fraction of sp³-hybridized carbons (Fsp3) is 0.500. The van der Waals surface area contributed by atoms with Gasteiger partial charge in [-0.3, -0.25) is 4.79 Å². The Morgan fingerprint density at radius 3 is 2.48 bits per heavy atom. The number of halogens is 5. The Morgan fingerprint density at radius 1 is 1.19 bits per heavy atom. The number of hydrogen-bond acceptors (Lipinski definition) is 1. The second-order valence-electron chi connectivity index (χ2n) is 5.14. The lowest BCUT2D eigenvalue weighted by atomic mass is 9.84. The van der Waals surface area contributed by atoms with Crippen molar-refractivity contribution < 1.29 is 18.0 Å². The number of hydrogen-bond donors (Lipinski definition) is 1. The van der Waals surface area contributed by atoms with Crippen molar-refractivity contribution in [1.29, 1.82) is 0 Å². The van der Waals surface area contributed by atoms with E-state index in [-0.39, 0.29) is 6.42 Å². The summed E-state index contributed by atoms with van der Waals surface area (Å²) in [4.78, 5) is 12.2. The second kappa shape index (κ2) is 6.69. The van der Waals surface area contributed by atoms with E-state index in [2.05, 4.69) is 37.2 Å². The smallest absolute Gasteiger partial charge is 0.349 e. The molecule has 1 aromatic carbocycles. The molecule has 1 fully saturated rings. The van der Waals surface area contributed by atoms with Gasteiger partial charge in [0.2, 0.25) is 0 Å². The van der Waals surface area contributed by atoms with E-state index in [1.807, 2.05) is 0 Å². The molecule has 0 heterocycles. The molecule has 2 rings (SSSR count). The zero-order valence-electron chi connectivity index (χ0n) is 11.0. The van der Waals surface area contributed by atoms with E-state index in [0.29, 0.717) is 29.3 Å². The first-order chi connectivity index (χ1) is 9.79. The van der Waals surface area contributed by atoms with Crippen molar-refractivity contribution in [3.8, 4) is 0 Å². The average Bonchev–Trinajstić information content (AvgIpc) is 2.37. The predicted molar refractivity (Wildman–Crippen MR) is 81.1 cm³/mol. The molecule has 0 bridgehead atoms. The molecule has 21 heavy (non-hydrogen) atoms. The first-order valence-electron chi connectivity index (χ1n) is 6.61. The van der Waals surface area contributed by atoms with Crippen molar-refractivity contribution in [1.82, 2.24) is 5.32 Å². The summed E-state index contributed by atoms with van der Waals surface area (Å²) in [6.07, 6.45) is -2.56. The number of rotatable bonds is 2. The predicted octanol–water partition coefficient (Wildman–Crippen LogP) is 5.06. The number of benzene rings is 1. The first-order valence-corrected chi connectivity index (χ1v) is 8.20. The Bertz CT molecular complexity index is 533. The molecule has 0 radical (unpaired) electrons. The van der Waals surface area contributed by atoms with E-state index in [0.717, 1.165) is 4.47 Å². The van der Waals surface area contributed by atoms with Gasteiger partial charge in [0.05, 0.1) is 11.5 Å². The molecule has 0 aromatic heterocycles. The molecule has 2 atom stereocenters. The third-order valence-corrected chi connectivity index (χ3v) is 4.83. The number of carbonyl (C=O) groups excluding carboxylic acids is 1. The highest BCUT2D eigenvalue weighted by Gasteiger charge is 2.46. The highest BCUT2D eigenvalue weighted by molar-refractivity contribution is 9.11. The van der Waals surface area contributed by atoms with Crippen LogP contribution >= 0.6 is 31.9 Å². The third kappa shape index (κ3) is 4.22. The Morgan fingerprint density at radius 2 is 1.86 bits per heavy atom. The summed E-state index contributed by atoms with van der Waals surface area (Å²) in [6.45, 7) is 0. The zero-order valence-corrected chi connectivity index (χ0v) is 14.2. The quantitative estimate of drug-likeness (QED) is 0.700. The Kier molecular flexibility index (Phi) is 5.35. The SMILES string of the molecule is O=C(NC1CCCCC1C(F)(F)F)c1ccc(Br)cc1Br. The molecule has 116 valence electrons. The highest BCUT2D eigenvalue weighted by atomic mass is 79.9. The minimum Gasteiger partial charge on any atom is -0.349 e. The van der Waals surface area contributed by atoms with Gasteiger partial charge in [-0.2, -0.15) is 13.2 Å². The molecule has 1 amide bonds. The lowest BCUT2D eigenvalue weighted by molar-refractivity contribution is -0.187. The Hall–Kier alpha value is -0.560. The lowest BCUT2D eigenvalue weighted by Gasteiger charge is -2.33. The van der Waals surface area contributed by atoms with E-state index >= 15 is 0 Å². The van der Waals surface area contributed by atoms with Crippen molar-refractivity contribution in [3.63, 3.8) is 0 Å². The molecule has 0 saturated heterocycles. The molecule has 1 saturated carbocycles. The maximum absolute atomic E-state index is 13.0. The largest absolute Gasteiger partial charge is 0.393 e. The molecular formula is C14H14Br2F3NO. The van der Waals surface area contributed by atoms with Crippen LogP contribution in [0.4, 0.5) is 13.2 Å². The summed E-state index contributed by atoms with van der Waals surface area (Å²) in [7, 11) is 0. The summed E-state index contributed by atoms with van der Waals surface area (Å²) in [5, 5.41) is 2.55. The maximum atomic E-state index is 13.0. The number of carbonyl (C=O) groups is 1. The van der Waals surface area contributed by atoms with Crippen molar-refractivity contribution in [2.75, 3.05) is 0 Å². The standard InChI is InChI=1S/C14H14Br2F3NO/c15-8-5-6-9(11(16)7-8)13(21)20-12-4-2-1-3-10(12)14(17,18)19/h5-7,10,12H,1-4H2,(H,20,21). The van der Waals surface area contributed by atoms with Crippen LogP contribution in [0, 0.1) is 5.92 Å². The fourth-order valence-electron chi connectivity index (χ4n) is 2.62. The highest BCUT2D eigenvalue weighted by Crippen LogP contribution is 2.38. The monoisotopic (exact) mass is 427 g/mol. The molecule has 1 aromatic rings. The van der Waals surface area contributed by atoms with Gasteiger partial charge in [-0.1, -0.05) is 28.8 Å². The average molecular weight is 429 g/mol. The first kappa shape index (κ1) is 16.8. The van der Waals surface area contributed by atoms with Gasteiger partial charge in [0.1, 0.15) is 0 Å². The van der Waals surface area contributed by atoms with Crippen LogP contribution in [-0.4, -0.2) is 18.1 Å². The van der Waals surface area contributed by atoms with Crippen molar-refractivity contribution >= 4 is 37.8 Å². The van der Waals surface area contributed by atoms with Crippen LogP contribution in [-0.2, 0) is 0 Å². The summed E-state index contributed by atoms with van der Waals surface area (Å²) in [5.41, 5.74) is 0.338. The van der Waals surface area contributed by atoms with Crippen LogP contribution in [0.25, 0.3) is 0 Å². The maximum Gasteiger partial charge on any atom is 0.393 e. The molecule has 1 N–H and O–H groups in total. The van der Waals surface area contributed by atoms with Crippen LogP contribution < -0.4 is 5.32 Å². The molecular weight excluding hydrogens is 415 g/mol. The topological polar surface area (TPSA) is 29.1 Å². The normalized spacial score (nSPS) is 22.9. The number of alkyl halides is 3. The van der Waals surface area contributed by atoms with Gasteiger partial charge in [0.25, 0.3) is 5.91 Å². The summed E-state index contributed by atoms with van der Waals surface area (Å²) in [6, 6.07) is 4.11. The fourth-order valence-corrected chi connectivity index (χ4v) is 3.84. The molecule has 1 aliphatic carbocycles. The van der Waals surface area contributed by atoms with Gasteiger partial charge >= 0.3 is 6.18 Å². The van der Waals surface area contributed by atoms with Gasteiger partial charge in [0.15, 0.2) is 0 Å². The minimum atomic E-state index is -4.27. The zero-order chi connectivity index (χ0) is 15.6. The Balaban J connectivity index is 2.13. The summed E-state index contributed by atoms with van der Waals surface area (Å²) < 4.78 is 40.4. The molecule has 1 aliphatic rings. The van der Waals surface area contributed by atoms with Crippen LogP contribution in [0.2, 0.25) is 0 Å². The molecule has 0 aliphatic heterocycles. The molecule has 7 heteroatoms. The third-order valence-electron chi connectivity index (χ3n) is 3.68. The second-order valence-corrected chi connectivity index (χ2v) is 6.91. The van der Waals surface area contributed by atoms with E-state index in [9.17, 15) is 18.0 Å². The van der Waals surface area contributed by atoms with Gasteiger partial charge in [-0.25, -0.2) is 0 Å². The van der Waals surface area contributed by atoms with Gasteiger partial charge in [-0.15, -0.1) is 0 Å². The molecule has 2 unspecified atom stereocenters. The molecule has 2 nitrogen and oxygen atoms in total. The summed E-state index contributed by atoms with van der Waals surface area (Å²) in [5.74, 6) is -1.93. The van der Waals surface area contributed by atoms with Crippen LogP contribution in [0.3, 0.4) is 0 Å². The van der Waals surface area contributed by atoms with E-state index in [1.54, 1.807) is 18.2 Å². The lowest BCUT2D eigenvalue weighted by Crippen LogP contribution is -2.47. The molecule has 0 spiro atoms. The Labute approximate surface area is 137 Å². The van der Waals surface area contributed by atoms with E-state index in [1.165, 1.54) is 0 Å². The van der Waals surface area contributed by atoms with Crippen LogP contribution in [0.5, 0.6) is 0 Å². The van der Waals surface area contributed by atoms with Crippen molar-refractivity contribution in [2.24, 2.45) is 5.92 Å². The summed E-state index contributed by atoms with van der Waals surface area (Å²) >= 11 is 6.52. The van der Waals surface area contributed by atoms with E-state index < -0.39 is 24.0 Å². The van der Waals surface area contributed by atoms with Crippen molar-refractivity contribution in [2.45, 2.75) is 37.9 Å². The number of amides is 1. The van der Waals surface area contributed by atoms with Gasteiger partial charge < -0.3 is 5.32 Å². The van der Waals surface area contributed by atoms with Gasteiger partial charge in [0, 0.05) is 15.0 Å². The van der Waals surface area contributed by atoms with Crippen LogP contribution in [0.15, 0.2) is 27.1 Å². The van der Waals surface area contributed by atoms with E-state index in [4.69, 9.17) is 0 Å². The van der Waals surface area contributed by atoms with Gasteiger partial charge in [-0.05, 0) is 47.0 Å². The number of nitrogens with one attached hydrogen (secondary N) is 1. The minimum absolute atomic E-state index is 0.0793. The van der Waals surface area contributed by atoms with Crippen molar-refractivity contribution in [3.05, 3.63) is 32.7 Å².